The predicted molar refractivity (Wildman–Crippen MR) is 60.4 cm³/mol. The summed E-state index contributed by atoms with van der Waals surface area (Å²) < 4.78 is 21.7. The van der Waals surface area contributed by atoms with Gasteiger partial charge in [-0.15, -0.1) is 0 Å². The van der Waals surface area contributed by atoms with E-state index in [9.17, 15) is 8.42 Å². The Labute approximate surface area is 90.7 Å². The molecule has 1 aromatic rings. The molecule has 0 aromatic carbocycles. The first-order chi connectivity index (χ1) is 6.99. The molecule has 0 saturated carbocycles. The Morgan fingerprint density at radius 2 is 2.20 bits per heavy atom. The van der Waals surface area contributed by atoms with Crippen molar-refractivity contribution in [2.45, 2.75) is 13.5 Å². The van der Waals surface area contributed by atoms with E-state index in [1.165, 1.54) is 6.26 Å². The average Bonchev–Trinajstić information content (AvgIpc) is 2.13. The Morgan fingerprint density at radius 3 is 2.80 bits per heavy atom. The molecule has 0 fully saturated rings. The minimum Gasteiger partial charge on any atom is -0.310 e. The summed E-state index contributed by atoms with van der Waals surface area (Å²) in [5.74, 6) is 0.166. The zero-order valence-corrected chi connectivity index (χ0v) is 9.84. The molecule has 0 spiro atoms. The predicted octanol–water partition coefficient (Wildman–Crippen LogP) is 0.524. The van der Waals surface area contributed by atoms with Gasteiger partial charge >= 0.3 is 0 Å². The summed E-state index contributed by atoms with van der Waals surface area (Å²) in [5, 5.41) is 3.06. The van der Waals surface area contributed by atoms with Crippen molar-refractivity contribution >= 4 is 9.84 Å². The quantitative estimate of drug-likeness (QED) is 0.747. The highest BCUT2D eigenvalue weighted by Crippen LogP contribution is 2.01. The summed E-state index contributed by atoms with van der Waals surface area (Å²) in [6.45, 7) is 3.07. The second kappa shape index (κ2) is 5.23. The third-order valence-electron chi connectivity index (χ3n) is 2.06. The average molecular weight is 228 g/mol. The molecule has 0 aliphatic carbocycles. The number of aromatic nitrogens is 1. The number of rotatable bonds is 5. The number of aryl methyl sites for hydroxylation is 1. The zero-order chi connectivity index (χ0) is 11.3. The van der Waals surface area contributed by atoms with E-state index in [1.807, 2.05) is 19.1 Å². The largest absolute Gasteiger partial charge is 0.310 e. The topological polar surface area (TPSA) is 59.1 Å². The standard InChI is InChI=1S/C10H16N2O2S/c1-9-4-3-5-12-10(9)8-11-6-7-15(2,13)14/h3-5,11H,6-8H2,1-2H3. The Morgan fingerprint density at radius 1 is 1.47 bits per heavy atom. The van der Waals surface area contributed by atoms with Gasteiger partial charge in [0.15, 0.2) is 0 Å². The second-order valence-electron chi connectivity index (χ2n) is 3.57. The van der Waals surface area contributed by atoms with E-state index < -0.39 is 9.84 Å². The lowest BCUT2D eigenvalue weighted by atomic mass is 10.2. The molecule has 0 amide bonds. The molecule has 4 nitrogen and oxygen atoms in total. The SMILES string of the molecule is Cc1cccnc1CNCCS(C)(=O)=O. The molecule has 0 saturated heterocycles. The molecule has 0 aliphatic rings. The lowest BCUT2D eigenvalue weighted by Crippen LogP contribution is -2.22. The van der Waals surface area contributed by atoms with Crippen LogP contribution in [0.25, 0.3) is 0 Å². The first-order valence-electron chi connectivity index (χ1n) is 4.78. The van der Waals surface area contributed by atoms with E-state index in [0.29, 0.717) is 13.1 Å². The van der Waals surface area contributed by atoms with Gasteiger partial charge in [0.2, 0.25) is 0 Å². The van der Waals surface area contributed by atoms with Crippen LogP contribution in [0.5, 0.6) is 0 Å². The number of hydrogen-bond acceptors (Lipinski definition) is 4. The van der Waals surface area contributed by atoms with E-state index in [1.54, 1.807) is 6.20 Å². The molecule has 0 atom stereocenters. The van der Waals surface area contributed by atoms with E-state index in [4.69, 9.17) is 0 Å². The van der Waals surface area contributed by atoms with Crippen LogP contribution in [0, 0.1) is 6.92 Å². The van der Waals surface area contributed by atoms with Crippen LogP contribution in [0.3, 0.4) is 0 Å². The van der Waals surface area contributed by atoms with Crippen LogP contribution < -0.4 is 5.32 Å². The molecule has 1 aromatic heterocycles. The Kier molecular flexibility index (Phi) is 4.23. The molecule has 0 radical (unpaired) electrons. The minimum atomic E-state index is -2.87. The molecule has 15 heavy (non-hydrogen) atoms. The number of nitrogens with zero attached hydrogens (tertiary/aromatic N) is 1. The third kappa shape index (κ3) is 4.90. The van der Waals surface area contributed by atoms with Crippen LogP contribution in [-0.4, -0.2) is 32.0 Å². The lowest BCUT2D eigenvalue weighted by Gasteiger charge is -2.05. The highest BCUT2D eigenvalue weighted by molar-refractivity contribution is 7.90. The maximum absolute atomic E-state index is 10.9. The monoisotopic (exact) mass is 228 g/mol. The lowest BCUT2D eigenvalue weighted by molar-refractivity contribution is 0.595. The first-order valence-corrected chi connectivity index (χ1v) is 6.84. The smallest absolute Gasteiger partial charge is 0.148 e. The van der Waals surface area contributed by atoms with Gasteiger partial charge in [0.25, 0.3) is 0 Å². The fourth-order valence-electron chi connectivity index (χ4n) is 1.17. The van der Waals surface area contributed by atoms with Gasteiger partial charge in [0.05, 0.1) is 11.4 Å². The van der Waals surface area contributed by atoms with Gasteiger partial charge in [-0.25, -0.2) is 8.42 Å². The number of sulfone groups is 1. The fourth-order valence-corrected chi connectivity index (χ4v) is 1.68. The summed E-state index contributed by atoms with van der Waals surface area (Å²) >= 11 is 0. The van der Waals surface area contributed by atoms with Crippen LogP contribution in [0.4, 0.5) is 0 Å². The minimum absolute atomic E-state index is 0.166. The number of pyridine rings is 1. The summed E-state index contributed by atoms with van der Waals surface area (Å²) in [5.41, 5.74) is 2.08. The zero-order valence-electron chi connectivity index (χ0n) is 9.03. The van der Waals surface area contributed by atoms with E-state index >= 15 is 0 Å². The van der Waals surface area contributed by atoms with Crippen LogP contribution in [0.2, 0.25) is 0 Å². The Balaban J connectivity index is 2.36. The number of hydrogen-bond donors (Lipinski definition) is 1. The van der Waals surface area contributed by atoms with Gasteiger partial charge in [0, 0.05) is 25.5 Å². The molecular formula is C10H16N2O2S. The van der Waals surface area contributed by atoms with Crippen molar-refractivity contribution in [1.29, 1.82) is 0 Å². The van der Waals surface area contributed by atoms with Crippen molar-refractivity contribution in [2.24, 2.45) is 0 Å². The van der Waals surface area contributed by atoms with Gasteiger partial charge in [-0.3, -0.25) is 4.98 Å². The van der Waals surface area contributed by atoms with Gasteiger partial charge in [-0.1, -0.05) is 6.07 Å². The third-order valence-corrected chi connectivity index (χ3v) is 3.01. The highest BCUT2D eigenvalue weighted by Gasteiger charge is 2.02. The van der Waals surface area contributed by atoms with Gasteiger partial charge < -0.3 is 5.32 Å². The highest BCUT2D eigenvalue weighted by atomic mass is 32.2. The van der Waals surface area contributed by atoms with Crippen molar-refractivity contribution in [3.63, 3.8) is 0 Å². The van der Waals surface area contributed by atoms with E-state index in [0.717, 1.165) is 11.3 Å². The Hall–Kier alpha value is -0.940. The molecule has 0 bridgehead atoms. The van der Waals surface area contributed by atoms with Crippen molar-refractivity contribution in [3.8, 4) is 0 Å². The van der Waals surface area contributed by atoms with E-state index in [2.05, 4.69) is 10.3 Å². The van der Waals surface area contributed by atoms with Crippen LogP contribution in [-0.2, 0) is 16.4 Å². The molecule has 1 N–H and O–H groups in total. The molecule has 1 heterocycles. The van der Waals surface area contributed by atoms with Gasteiger partial charge in [-0.2, -0.15) is 0 Å². The summed E-state index contributed by atoms with van der Waals surface area (Å²) in [6.07, 6.45) is 2.97. The molecule has 5 heteroatoms. The van der Waals surface area contributed by atoms with Crippen LogP contribution in [0.1, 0.15) is 11.3 Å². The van der Waals surface area contributed by atoms with Crippen LogP contribution in [0.15, 0.2) is 18.3 Å². The van der Waals surface area contributed by atoms with Gasteiger partial charge in [0.1, 0.15) is 9.84 Å². The maximum atomic E-state index is 10.9. The number of nitrogens with one attached hydrogen (secondary N) is 1. The maximum Gasteiger partial charge on any atom is 0.148 e. The molecule has 0 aliphatic heterocycles. The van der Waals surface area contributed by atoms with Crippen molar-refractivity contribution in [3.05, 3.63) is 29.6 Å². The molecule has 0 unspecified atom stereocenters. The summed E-state index contributed by atoms with van der Waals surface area (Å²) in [4.78, 5) is 4.20. The first kappa shape index (κ1) is 12.1. The summed E-state index contributed by atoms with van der Waals surface area (Å²) in [6, 6.07) is 3.87. The molecular weight excluding hydrogens is 212 g/mol. The second-order valence-corrected chi connectivity index (χ2v) is 5.83. The normalized spacial score (nSPS) is 11.6. The molecule has 1 rings (SSSR count). The Bertz CT molecular complexity index is 415. The van der Waals surface area contributed by atoms with E-state index in [-0.39, 0.29) is 5.75 Å². The van der Waals surface area contributed by atoms with Crippen molar-refractivity contribution < 1.29 is 8.42 Å². The van der Waals surface area contributed by atoms with Crippen molar-refractivity contribution in [2.75, 3.05) is 18.6 Å². The summed E-state index contributed by atoms with van der Waals surface area (Å²) in [7, 11) is -2.87. The molecule has 84 valence electrons. The van der Waals surface area contributed by atoms with Crippen LogP contribution >= 0.6 is 0 Å². The van der Waals surface area contributed by atoms with Gasteiger partial charge in [-0.05, 0) is 18.6 Å². The fraction of sp³-hybridized carbons (Fsp3) is 0.500. The van der Waals surface area contributed by atoms with Crippen molar-refractivity contribution in [1.82, 2.24) is 10.3 Å².